The molecule has 6 nitrogen and oxygen atoms in total. The summed E-state index contributed by atoms with van der Waals surface area (Å²) >= 11 is 0. The molecule has 7 heteroatoms. The summed E-state index contributed by atoms with van der Waals surface area (Å²) in [6.07, 6.45) is 4.28. The highest BCUT2D eigenvalue weighted by molar-refractivity contribution is 7.90. The first-order valence-electron chi connectivity index (χ1n) is 5.84. The van der Waals surface area contributed by atoms with Gasteiger partial charge < -0.3 is 5.32 Å². The molecular weight excluding hydrogens is 264 g/mol. The average Bonchev–Trinajstić information content (AvgIpc) is 2.80. The van der Waals surface area contributed by atoms with Gasteiger partial charge in [-0.25, -0.2) is 18.1 Å². The monoisotopic (exact) mass is 280 g/mol. The van der Waals surface area contributed by atoms with Crippen LogP contribution in [0, 0.1) is 0 Å². The van der Waals surface area contributed by atoms with Crippen LogP contribution in [0.1, 0.15) is 6.92 Å². The zero-order chi connectivity index (χ0) is 13.9. The molecule has 2 rings (SSSR count). The van der Waals surface area contributed by atoms with Crippen LogP contribution in [-0.4, -0.2) is 41.2 Å². The summed E-state index contributed by atoms with van der Waals surface area (Å²) in [6, 6.07) is 7.37. The Bertz CT molecular complexity index is 638. The highest BCUT2D eigenvalue weighted by Crippen LogP contribution is 2.19. The molecule has 0 saturated heterocycles. The van der Waals surface area contributed by atoms with Crippen LogP contribution in [0.2, 0.25) is 0 Å². The van der Waals surface area contributed by atoms with Crippen LogP contribution in [0.25, 0.3) is 5.69 Å². The first-order valence-corrected chi connectivity index (χ1v) is 7.90. The van der Waals surface area contributed by atoms with E-state index in [9.17, 15) is 8.42 Å². The summed E-state index contributed by atoms with van der Waals surface area (Å²) < 4.78 is 24.2. The number of anilines is 1. The van der Waals surface area contributed by atoms with Gasteiger partial charge in [-0.2, -0.15) is 5.10 Å². The molecule has 2 aromatic rings. The third-order valence-electron chi connectivity index (χ3n) is 2.52. The summed E-state index contributed by atoms with van der Waals surface area (Å²) in [5.74, 6) is 0.0820. The van der Waals surface area contributed by atoms with Gasteiger partial charge in [0.05, 0.1) is 17.1 Å². The number of rotatable bonds is 5. The van der Waals surface area contributed by atoms with E-state index >= 15 is 0 Å². The predicted molar refractivity (Wildman–Crippen MR) is 74.2 cm³/mol. The zero-order valence-corrected chi connectivity index (χ0v) is 11.6. The predicted octanol–water partition coefficient (Wildman–Crippen LogP) is 1.11. The van der Waals surface area contributed by atoms with E-state index in [-0.39, 0.29) is 11.8 Å². The minimum atomic E-state index is -3.01. The highest BCUT2D eigenvalue weighted by atomic mass is 32.2. The van der Waals surface area contributed by atoms with Crippen molar-refractivity contribution in [1.29, 1.82) is 0 Å². The van der Waals surface area contributed by atoms with Crippen LogP contribution in [0.4, 0.5) is 5.69 Å². The van der Waals surface area contributed by atoms with Gasteiger partial charge in [-0.3, -0.25) is 0 Å². The molecular formula is C12H16N4O2S. The standard InChI is InChI=1S/C12H16N4O2S/c1-10(7-19(2,17)18)15-11-5-3-4-6-12(11)16-9-13-8-14-16/h3-6,8-10,15H,7H2,1-2H3. The molecule has 1 aromatic carbocycles. The van der Waals surface area contributed by atoms with Gasteiger partial charge >= 0.3 is 0 Å². The molecule has 0 saturated carbocycles. The Kier molecular flexibility index (Phi) is 3.84. The summed E-state index contributed by atoms with van der Waals surface area (Å²) in [5, 5.41) is 7.26. The lowest BCUT2D eigenvalue weighted by Crippen LogP contribution is -2.25. The maximum atomic E-state index is 11.3. The number of aromatic nitrogens is 3. The van der Waals surface area contributed by atoms with E-state index < -0.39 is 9.84 Å². The van der Waals surface area contributed by atoms with Crippen molar-refractivity contribution in [3.63, 3.8) is 0 Å². The van der Waals surface area contributed by atoms with Crippen LogP contribution in [0.3, 0.4) is 0 Å². The van der Waals surface area contributed by atoms with E-state index in [4.69, 9.17) is 0 Å². The Morgan fingerprint density at radius 3 is 2.74 bits per heavy atom. The molecule has 0 aliphatic carbocycles. The molecule has 1 N–H and O–H groups in total. The molecule has 1 aromatic heterocycles. The minimum absolute atomic E-state index is 0.0820. The number of sulfone groups is 1. The highest BCUT2D eigenvalue weighted by Gasteiger charge is 2.12. The van der Waals surface area contributed by atoms with Gasteiger partial charge in [0.1, 0.15) is 22.5 Å². The molecule has 0 fully saturated rings. The fraction of sp³-hybridized carbons (Fsp3) is 0.333. The SMILES string of the molecule is CC(CS(C)(=O)=O)Nc1ccccc1-n1cncn1. The van der Waals surface area contributed by atoms with Gasteiger partial charge in [-0.15, -0.1) is 0 Å². The van der Waals surface area contributed by atoms with Gasteiger partial charge in [-0.05, 0) is 19.1 Å². The van der Waals surface area contributed by atoms with Crippen molar-refractivity contribution >= 4 is 15.5 Å². The molecule has 0 aliphatic rings. The molecule has 1 atom stereocenters. The molecule has 0 spiro atoms. The van der Waals surface area contributed by atoms with Gasteiger partial charge in [0.2, 0.25) is 0 Å². The molecule has 0 aliphatic heterocycles. The maximum absolute atomic E-state index is 11.3. The van der Waals surface area contributed by atoms with Gasteiger partial charge in [0, 0.05) is 12.3 Å². The molecule has 1 heterocycles. The normalized spacial score (nSPS) is 13.2. The molecule has 0 radical (unpaired) electrons. The second kappa shape index (κ2) is 5.40. The number of para-hydroxylation sites is 2. The number of nitrogens with one attached hydrogen (secondary N) is 1. The summed E-state index contributed by atoms with van der Waals surface area (Å²) in [5.41, 5.74) is 1.66. The maximum Gasteiger partial charge on any atom is 0.149 e. The molecule has 0 amide bonds. The van der Waals surface area contributed by atoms with E-state index in [0.29, 0.717) is 0 Å². The van der Waals surface area contributed by atoms with Crippen molar-refractivity contribution in [1.82, 2.24) is 14.8 Å². The van der Waals surface area contributed by atoms with E-state index in [1.165, 1.54) is 12.6 Å². The lowest BCUT2D eigenvalue weighted by Gasteiger charge is -2.17. The minimum Gasteiger partial charge on any atom is -0.380 e. The largest absolute Gasteiger partial charge is 0.380 e. The van der Waals surface area contributed by atoms with Crippen molar-refractivity contribution < 1.29 is 8.42 Å². The van der Waals surface area contributed by atoms with Crippen molar-refractivity contribution in [3.05, 3.63) is 36.9 Å². The lowest BCUT2D eigenvalue weighted by molar-refractivity contribution is 0.598. The average molecular weight is 280 g/mol. The Morgan fingerprint density at radius 2 is 2.11 bits per heavy atom. The van der Waals surface area contributed by atoms with E-state index in [1.807, 2.05) is 31.2 Å². The van der Waals surface area contributed by atoms with Crippen molar-refractivity contribution in [2.24, 2.45) is 0 Å². The summed E-state index contributed by atoms with van der Waals surface area (Å²) in [6.45, 7) is 1.83. The zero-order valence-electron chi connectivity index (χ0n) is 10.8. The Hall–Kier alpha value is -1.89. The number of benzene rings is 1. The Balaban J connectivity index is 2.22. The van der Waals surface area contributed by atoms with Gasteiger partial charge in [0.25, 0.3) is 0 Å². The van der Waals surface area contributed by atoms with E-state index in [2.05, 4.69) is 15.4 Å². The molecule has 19 heavy (non-hydrogen) atoms. The second-order valence-corrected chi connectivity index (χ2v) is 6.68. The van der Waals surface area contributed by atoms with Crippen LogP contribution in [0.5, 0.6) is 0 Å². The number of hydrogen-bond donors (Lipinski definition) is 1. The van der Waals surface area contributed by atoms with E-state index in [1.54, 1.807) is 11.0 Å². The third kappa shape index (κ3) is 3.78. The van der Waals surface area contributed by atoms with Crippen LogP contribution in [-0.2, 0) is 9.84 Å². The van der Waals surface area contributed by atoms with Crippen LogP contribution < -0.4 is 5.32 Å². The lowest BCUT2D eigenvalue weighted by atomic mass is 10.2. The van der Waals surface area contributed by atoms with Crippen molar-refractivity contribution in [3.8, 4) is 5.69 Å². The number of nitrogens with zero attached hydrogens (tertiary/aromatic N) is 3. The summed E-state index contributed by atoms with van der Waals surface area (Å²) in [4.78, 5) is 3.91. The van der Waals surface area contributed by atoms with Crippen LogP contribution >= 0.6 is 0 Å². The quantitative estimate of drug-likeness (QED) is 0.888. The van der Waals surface area contributed by atoms with Gasteiger partial charge in [0.15, 0.2) is 0 Å². The fourth-order valence-corrected chi connectivity index (χ4v) is 2.88. The Morgan fingerprint density at radius 1 is 1.37 bits per heavy atom. The van der Waals surface area contributed by atoms with Crippen molar-refractivity contribution in [2.75, 3.05) is 17.3 Å². The summed E-state index contributed by atoms with van der Waals surface area (Å²) in [7, 11) is -3.01. The smallest absolute Gasteiger partial charge is 0.149 e. The Labute approximate surface area is 112 Å². The van der Waals surface area contributed by atoms with E-state index in [0.717, 1.165) is 11.4 Å². The van der Waals surface area contributed by atoms with Gasteiger partial charge in [-0.1, -0.05) is 12.1 Å². The second-order valence-electron chi connectivity index (χ2n) is 4.50. The van der Waals surface area contributed by atoms with Crippen molar-refractivity contribution in [2.45, 2.75) is 13.0 Å². The first-order chi connectivity index (χ1) is 8.96. The third-order valence-corrected chi connectivity index (χ3v) is 3.63. The number of hydrogen-bond acceptors (Lipinski definition) is 5. The van der Waals surface area contributed by atoms with Crippen LogP contribution in [0.15, 0.2) is 36.9 Å². The molecule has 1 unspecified atom stereocenters. The topological polar surface area (TPSA) is 76.9 Å². The molecule has 0 bridgehead atoms. The molecule has 102 valence electrons. The fourth-order valence-electron chi connectivity index (χ4n) is 1.89. The first kappa shape index (κ1) is 13.5.